The summed E-state index contributed by atoms with van der Waals surface area (Å²) in [6.07, 6.45) is 0. The molecule has 1 aromatic carbocycles. The summed E-state index contributed by atoms with van der Waals surface area (Å²) in [5.41, 5.74) is 0.449. The number of hydrogen-bond donors (Lipinski definition) is 1. The summed E-state index contributed by atoms with van der Waals surface area (Å²) in [7, 11) is 1.59. The van der Waals surface area contributed by atoms with Crippen LogP contribution in [0.3, 0.4) is 0 Å². The van der Waals surface area contributed by atoms with Crippen molar-refractivity contribution >= 4 is 11.9 Å². The molecular formula is C14H19NO4. The van der Waals surface area contributed by atoms with Crippen molar-refractivity contribution in [3.05, 3.63) is 29.8 Å². The summed E-state index contributed by atoms with van der Waals surface area (Å²) >= 11 is 0. The van der Waals surface area contributed by atoms with Gasteiger partial charge < -0.3 is 14.7 Å². The predicted molar refractivity (Wildman–Crippen MR) is 71.4 cm³/mol. The molecular weight excluding hydrogens is 246 g/mol. The van der Waals surface area contributed by atoms with Gasteiger partial charge in [-0.05, 0) is 19.1 Å². The molecule has 5 heteroatoms. The molecule has 1 N–H and O–H groups in total. The van der Waals surface area contributed by atoms with Crippen LogP contribution < -0.4 is 4.74 Å². The fourth-order valence-corrected chi connectivity index (χ4v) is 1.70. The fourth-order valence-electron chi connectivity index (χ4n) is 1.70. The van der Waals surface area contributed by atoms with Crippen LogP contribution in [0, 0.1) is 5.92 Å². The van der Waals surface area contributed by atoms with Crippen molar-refractivity contribution in [2.24, 2.45) is 5.92 Å². The zero-order valence-corrected chi connectivity index (χ0v) is 11.4. The summed E-state index contributed by atoms with van der Waals surface area (Å²) in [4.78, 5) is 24.5. The Labute approximate surface area is 112 Å². The first-order valence-corrected chi connectivity index (χ1v) is 6.17. The first-order chi connectivity index (χ1) is 8.97. The number of para-hydroxylation sites is 1. The van der Waals surface area contributed by atoms with Crippen LogP contribution in [0.25, 0.3) is 0 Å². The van der Waals surface area contributed by atoms with E-state index in [2.05, 4.69) is 0 Å². The van der Waals surface area contributed by atoms with Gasteiger partial charge in [0.15, 0.2) is 0 Å². The molecule has 0 aliphatic heterocycles. The van der Waals surface area contributed by atoms with Crippen molar-refractivity contribution in [1.29, 1.82) is 0 Å². The molecule has 1 amide bonds. The Morgan fingerprint density at radius 1 is 1.37 bits per heavy atom. The molecule has 1 unspecified atom stereocenters. The molecule has 0 aliphatic rings. The monoisotopic (exact) mass is 265 g/mol. The van der Waals surface area contributed by atoms with Crippen molar-refractivity contribution in [1.82, 2.24) is 4.90 Å². The highest BCUT2D eigenvalue weighted by Gasteiger charge is 2.20. The molecule has 0 radical (unpaired) electrons. The quantitative estimate of drug-likeness (QED) is 0.852. The average Bonchev–Trinajstić information content (AvgIpc) is 2.38. The van der Waals surface area contributed by atoms with E-state index < -0.39 is 11.9 Å². The SMILES string of the molecule is CCOc1ccccc1C(=O)N(C)CC(C)C(=O)O. The van der Waals surface area contributed by atoms with E-state index in [9.17, 15) is 9.59 Å². The first-order valence-electron chi connectivity index (χ1n) is 6.17. The number of carboxylic acid groups (broad SMARTS) is 1. The smallest absolute Gasteiger partial charge is 0.308 e. The summed E-state index contributed by atoms with van der Waals surface area (Å²) < 4.78 is 5.40. The molecule has 19 heavy (non-hydrogen) atoms. The van der Waals surface area contributed by atoms with Crippen molar-refractivity contribution in [2.45, 2.75) is 13.8 Å². The average molecular weight is 265 g/mol. The Kier molecular flexibility index (Phi) is 5.36. The van der Waals surface area contributed by atoms with Crippen LogP contribution in [0.5, 0.6) is 5.75 Å². The second-order valence-corrected chi connectivity index (χ2v) is 4.35. The van der Waals surface area contributed by atoms with Crippen LogP contribution in [0.15, 0.2) is 24.3 Å². The molecule has 0 bridgehead atoms. The Balaban J connectivity index is 2.85. The minimum Gasteiger partial charge on any atom is -0.493 e. The molecule has 0 heterocycles. The van der Waals surface area contributed by atoms with Crippen LogP contribution in [0.1, 0.15) is 24.2 Å². The van der Waals surface area contributed by atoms with E-state index >= 15 is 0 Å². The largest absolute Gasteiger partial charge is 0.493 e. The molecule has 0 aliphatic carbocycles. The molecule has 0 saturated carbocycles. The van der Waals surface area contributed by atoms with Gasteiger partial charge in [-0.25, -0.2) is 0 Å². The number of amides is 1. The molecule has 1 atom stereocenters. The van der Waals surface area contributed by atoms with Crippen molar-refractivity contribution in [2.75, 3.05) is 20.2 Å². The minimum atomic E-state index is -0.919. The molecule has 1 rings (SSSR count). The Bertz CT molecular complexity index is 459. The maximum Gasteiger partial charge on any atom is 0.308 e. The lowest BCUT2D eigenvalue weighted by Gasteiger charge is -2.20. The van der Waals surface area contributed by atoms with Gasteiger partial charge in [-0.3, -0.25) is 9.59 Å². The summed E-state index contributed by atoms with van der Waals surface area (Å²) in [5.74, 6) is -1.24. The molecule has 0 fully saturated rings. The highest BCUT2D eigenvalue weighted by atomic mass is 16.5. The van der Waals surface area contributed by atoms with Gasteiger partial charge in [0.2, 0.25) is 0 Å². The van der Waals surface area contributed by atoms with Gasteiger partial charge in [0.1, 0.15) is 5.75 Å². The van der Waals surface area contributed by atoms with Crippen LogP contribution in [-0.2, 0) is 4.79 Å². The molecule has 5 nitrogen and oxygen atoms in total. The number of benzene rings is 1. The van der Waals surface area contributed by atoms with Crippen molar-refractivity contribution in [3.8, 4) is 5.75 Å². The van der Waals surface area contributed by atoms with Gasteiger partial charge in [-0.2, -0.15) is 0 Å². The van der Waals surface area contributed by atoms with Crippen LogP contribution in [0.2, 0.25) is 0 Å². The number of carbonyl (C=O) groups is 2. The molecule has 0 aromatic heterocycles. The standard InChI is InChI=1S/C14H19NO4/c1-4-19-12-8-6-5-7-11(12)13(16)15(3)9-10(2)14(17)18/h5-8,10H,4,9H2,1-3H3,(H,17,18). The number of nitrogens with zero attached hydrogens (tertiary/aromatic N) is 1. The summed E-state index contributed by atoms with van der Waals surface area (Å²) in [6, 6.07) is 6.95. The minimum absolute atomic E-state index is 0.161. The maximum atomic E-state index is 12.3. The molecule has 104 valence electrons. The number of carboxylic acids is 1. The fraction of sp³-hybridized carbons (Fsp3) is 0.429. The summed E-state index contributed by atoms with van der Waals surface area (Å²) in [6.45, 7) is 4.05. The van der Waals surface area contributed by atoms with Gasteiger partial charge in [-0.1, -0.05) is 19.1 Å². The van der Waals surface area contributed by atoms with Crippen LogP contribution in [-0.4, -0.2) is 42.1 Å². The zero-order valence-electron chi connectivity index (χ0n) is 11.4. The number of rotatable bonds is 6. The maximum absolute atomic E-state index is 12.3. The van der Waals surface area contributed by atoms with Crippen molar-refractivity contribution < 1.29 is 19.4 Å². The topological polar surface area (TPSA) is 66.8 Å². The van der Waals surface area contributed by atoms with E-state index in [1.807, 2.05) is 6.92 Å². The van der Waals surface area contributed by atoms with E-state index in [-0.39, 0.29) is 12.5 Å². The molecule has 0 spiro atoms. The van der Waals surface area contributed by atoms with Crippen molar-refractivity contribution in [3.63, 3.8) is 0 Å². The zero-order chi connectivity index (χ0) is 14.4. The number of hydrogen-bond acceptors (Lipinski definition) is 3. The third-order valence-electron chi connectivity index (χ3n) is 2.73. The second kappa shape index (κ2) is 6.78. The first kappa shape index (κ1) is 15.0. The second-order valence-electron chi connectivity index (χ2n) is 4.35. The number of carbonyl (C=O) groups excluding carboxylic acids is 1. The van der Waals surface area contributed by atoms with Gasteiger partial charge >= 0.3 is 5.97 Å². The number of ether oxygens (including phenoxy) is 1. The normalized spacial score (nSPS) is 11.7. The lowest BCUT2D eigenvalue weighted by Crippen LogP contribution is -2.33. The van der Waals surface area contributed by atoms with Crippen LogP contribution in [0.4, 0.5) is 0 Å². The lowest BCUT2D eigenvalue weighted by molar-refractivity contribution is -0.141. The van der Waals surface area contributed by atoms with Gasteiger partial charge in [0.05, 0.1) is 18.1 Å². The lowest BCUT2D eigenvalue weighted by atomic mass is 10.1. The third-order valence-corrected chi connectivity index (χ3v) is 2.73. The Morgan fingerprint density at radius 3 is 2.58 bits per heavy atom. The highest BCUT2D eigenvalue weighted by Crippen LogP contribution is 2.19. The van der Waals surface area contributed by atoms with Gasteiger partial charge in [0, 0.05) is 13.6 Å². The number of aliphatic carboxylic acids is 1. The summed E-state index contributed by atoms with van der Waals surface area (Å²) in [5, 5.41) is 8.86. The van der Waals surface area contributed by atoms with E-state index in [4.69, 9.17) is 9.84 Å². The van der Waals surface area contributed by atoms with E-state index in [0.717, 1.165) is 0 Å². The predicted octanol–water partition coefficient (Wildman–Crippen LogP) is 1.88. The van der Waals surface area contributed by atoms with E-state index in [1.54, 1.807) is 38.2 Å². The van der Waals surface area contributed by atoms with Gasteiger partial charge in [-0.15, -0.1) is 0 Å². The Hall–Kier alpha value is -2.04. The van der Waals surface area contributed by atoms with Crippen LogP contribution >= 0.6 is 0 Å². The Morgan fingerprint density at radius 2 is 2.00 bits per heavy atom. The van der Waals surface area contributed by atoms with E-state index in [0.29, 0.717) is 17.9 Å². The molecule has 1 aromatic rings. The highest BCUT2D eigenvalue weighted by molar-refractivity contribution is 5.97. The molecule has 0 saturated heterocycles. The van der Waals surface area contributed by atoms with E-state index in [1.165, 1.54) is 4.90 Å². The van der Waals surface area contributed by atoms with Gasteiger partial charge in [0.25, 0.3) is 5.91 Å². The third kappa shape index (κ3) is 3.98.